The van der Waals surface area contributed by atoms with Gasteiger partial charge in [-0.05, 0) is 38.5 Å². The molecule has 0 aliphatic heterocycles. The summed E-state index contributed by atoms with van der Waals surface area (Å²) in [6.45, 7) is 6.59. The summed E-state index contributed by atoms with van der Waals surface area (Å²) < 4.78 is 2.01. The second-order valence-electron chi connectivity index (χ2n) is 6.27. The number of carbonyl (C=O) groups excluding carboxylic acids is 1. The second-order valence-corrected chi connectivity index (χ2v) is 7.58. The number of para-hydroxylation sites is 1. The van der Waals surface area contributed by atoms with Crippen LogP contribution >= 0.6 is 11.8 Å². The number of carbonyl (C=O) groups is 1. The molecule has 3 rings (SSSR count). The summed E-state index contributed by atoms with van der Waals surface area (Å²) in [4.78, 5) is 12.6. The van der Waals surface area contributed by atoms with Crippen LogP contribution in [-0.2, 0) is 11.3 Å². The first-order chi connectivity index (χ1) is 13.5. The van der Waals surface area contributed by atoms with E-state index in [0.29, 0.717) is 23.0 Å². The van der Waals surface area contributed by atoms with E-state index in [1.165, 1.54) is 11.8 Å². The number of hydrogen-bond acceptors (Lipinski definition) is 5. The summed E-state index contributed by atoms with van der Waals surface area (Å²) in [7, 11) is 0. The SMILES string of the molecule is CCn1c(S[C@@H](C)C(=O)Nc2ccccc2C#N)nnc1-c1ccccc1C. The van der Waals surface area contributed by atoms with E-state index in [9.17, 15) is 10.1 Å². The zero-order valence-electron chi connectivity index (χ0n) is 16.0. The van der Waals surface area contributed by atoms with E-state index in [-0.39, 0.29) is 5.91 Å². The molecule has 1 aromatic heterocycles. The molecule has 0 bridgehead atoms. The van der Waals surface area contributed by atoms with Gasteiger partial charge in [-0.15, -0.1) is 10.2 Å². The number of benzene rings is 2. The highest BCUT2D eigenvalue weighted by molar-refractivity contribution is 8.00. The molecule has 2 aromatic carbocycles. The monoisotopic (exact) mass is 391 g/mol. The maximum Gasteiger partial charge on any atom is 0.237 e. The normalized spacial score (nSPS) is 11.6. The standard InChI is InChI=1S/C21H21N5OS/c1-4-26-19(17-11-7-5-9-14(17)2)24-25-21(26)28-15(3)20(27)23-18-12-8-6-10-16(18)13-22/h5-12,15H,4H2,1-3H3,(H,23,27)/t15-/m0/s1. The Morgan fingerprint density at radius 1 is 1.21 bits per heavy atom. The average Bonchev–Trinajstić information content (AvgIpc) is 3.10. The lowest BCUT2D eigenvalue weighted by atomic mass is 10.1. The minimum absolute atomic E-state index is 0.184. The van der Waals surface area contributed by atoms with E-state index >= 15 is 0 Å². The summed E-state index contributed by atoms with van der Waals surface area (Å²) >= 11 is 1.35. The van der Waals surface area contributed by atoms with Crippen molar-refractivity contribution < 1.29 is 4.79 Å². The molecule has 1 atom stereocenters. The predicted molar refractivity (Wildman–Crippen MR) is 111 cm³/mol. The fourth-order valence-corrected chi connectivity index (χ4v) is 3.73. The number of nitrogens with one attached hydrogen (secondary N) is 1. The molecule has 3 aromatic rings. The molecule has 1 heterocycles. The molecule has 0 fully saturated rings. The molecule has 1 amide bonds. The summed E-state index contributed by atoms with van der Waals surface area (Å²) in [6, 6.07) is 17.1. The van der Waals surface area contributed by atoms with Crippen LogP contribution < -0.4 is 5.32 Å². The third-order valence-corrected chi connectivity index (χ3v) is 5.46. The first-order valence-electron chi connectivity index (χ1n) is 9.01. The van der Waals surface area contributed by atoms with Crippen molar-refractivity contribution in [1.82, 2.24) is 14.8 Å². The molecule has 6 nitrogen and oxygen atoms in total. The molecule has 7 heteroatoms. The van der Waals surface area contributed by atoms with Crippen molar-refractivity contribution in [2.45, 2.75) is 37.7 Å². The topological polar surface area (TPSA) is 83.6 Å². The van der Waals surface area contributed by atoms with Crippen LogP contribution in [0.3, 0.4) is 0 Å². The second kappa shape index (κ2) is 8.72. The van der Waals surface area contributed by atoms with Gasteiger partial charge in [0.15, 0.2) is 11.0 Å². The summed E-state index contributed by atoms with van der Waals surface area (Å²) in [5.41, 5.74) is 3.11. The lowest BCUT2D eigenvalue weighted by Crippen LogP contribution is -2.23. The van der Waals surface area contributed by atoms with Crippen molar-refractivity contribution in [3.05, 3.63) is 59.7 Å². The fraction of sp³-hybridized carbons (Fsp3) is 0.238. The lowest BCUT2D eigenvalue weighted by molar-refractivity contribution is -0.115. The average molecular weight is 392 g/mol. The molecule has 0 saturated heterocycles. The van der Waals surface area contributed by atoms with Crippen molar-refractivity contribution in [3.63, 3.8) is 0 Å². The minimum atomic E-state index is -0.397. The Bertz CT molecular complexity index is 1040. The number of aromatic nitrogens is 3. The van der Waals surface area contributed by atoms with Gasteiger partial charge in [-0.1, -0.05) is 48.2 Å². The first-order valence-corrected chi connectivity index (χ1v) is 9.89. The number of aryl methyl sites for hydroxylation is 1. The van der Waals surface area contributed by atoms with E-state index in [0.717, 1.165) is 17.0 Å². The van der Waals surface area contributed by atoms with Crippen LogP contribution in [0.15, 0.2) is 53.7 Å². The highest BCUT2D eigenvalue weighted by Crippen LogP contribution is 2.29. The molecular weight excluding hydrogens is 370 g/mol. The minimum Gasteiger partial charge on any atom is -0.324 e. The van der Waals surface area contributed by atoms with Gasteiger partial charge in [0.05, 0.1) is 16.5 Å². The molecule has 0 aliphatic rings. The number of nitrogens with zero attached hydrogens (tertiary/aromatic N) is 4. The molecule has 0 saturated carbocycles. The Morgan fingerprint density at radius 3 is 2.64 bits per heavy atom. The molecule has 0 spiro atoms. The Kier molecular flexibility index (Phi) is 6.12. The number of anilines is 1. The van der Waals surface area contributed by atoms with Crippen LogP contribution in [0.5, 0.6) is 0 Å². The van der Waals surface area contributed by atoms with Crippen molar-refractivity contribution >= 4 is 23.4 Å². The van der Waals surface area contributed by atoms with E-state index in [2.05, 4.69) is 21.6 Å². The van der Waals surface area contributed by atoms with E-state index in [4.69, 9.17) is 0 Å². The van der Waals surface area contributed by atoms with Crippen LogP contribution in [0.4, 0.5) is 5.69 Å². The van der Waals surface area contributed by atoms with E-state index in [1.54, 1.807) is 24.3 Å². The van der Waals surface area contributed by atoms with Crippen LogP contribution in [0, 0.1) is 18.3 Å². The van der Waals surface area contributed by atoms with E-state index < -0.39 is 5.25 Å². The lowest BCUT2D eigenvalue weighted by Gasteiger charge is -2.13. The predicted octanol–water partition coefficient (Wildman–Crippen LogP) is 4.26. The quantitative estimate of drug-likeness (QED) is 0.635. The van der Waals surface area contributed by atoms with Crippen LogP contribution in [0.2, 0.25) is 0 Å². The number of thioether (sulfide) groups is 1. The number of amides is 1. The van der Waals surface area contributed by atoms with Gasteiger partial charge < -0.3 is 9.88 Å². The third kappa shape index (κ3) is 4.07. The van der Waals surface area contributed by atoms with Crippen molar-refractivity contribution in [1.29, 1.82) is 5.26 Å². The third-order valence-electron chi connectivity index (χ3n) is 4.38. The summed E-state index contributed by atoms with van der Waals surface area (Å²) in [6.07, 6.45) is 0. The van der Waals surface area contributed by atoms with Crippen LogP contribution in [-0.4, -0.2) is 25.9 Å². The summed E-state index contributed by atoms with van der Waals surface area (Å²) in [5.74, 6) is 0.612. The first kappa shape index (κ1) is 19.6. The highest BCUT2D eigenvalue weighted by atomic mass is 32.2. The molecule has 0 aliphatic carbocycles. The zero-order valence-corrected chi connectivity index (χ0v) is 16.8. The van der Waals surface area contributed by atoms with Crippen molar-refractivity contribution in [2.24, 2.45) is 0 Å². The van der Waals surface area contributed by atoms with Gasteiger partial charge in [0, 0.05) is 12.1 Å². The molecular formula is C21H21N5OS. The van der Waals surface area contributed by atoms with Crippen LogP contribution in [0.1, 0.15) is 25.0 Å². The number of nitriles is 1. The Labute approximate surface area is 168 Å². The Balaban J connectivity index is 1.79. The maximum absolute atomic E-state index is 12.6. The molecule has 0 unspecified atom stereocenters. The zero-order chi connectivity index (χ0) is 20.1. The number of hydrogen-bond donors (Lipinski definition) is 1. The number of rotatable bonds is 6. The maximum atomic E-state index is 12.6. The molecule has 28 heavy (non-hydrogen) atoms. The van der Waals surface area contributed by atoms with Gasteiger partial charge >= 0.3 is 0 Å². The molecule has 0 radical (unpaired) electrons. The highest BCUT2D eigenvalue weighted by Gasteiger charge is 2.21. The summed E-state index contributed by atoms with van der Waals surface area (Å²) in [5, 5.41) is 21.0. The van der Waals surface area contributed by atoms with Gasteiger partial charge in [-0.25, -0.2) is 0 Å². The largest absolute Gasteiger partial charge is 0.324 e. The molecule has 142 valence electrons. The fourth-order valence-electron chi connectivity index (χ4n) is 2.82. The van der Waals surface area contributed by atoms with E-state index in [1.807, 2.05) is 49.6 Å². The smallest absolute Gasteiger partial charge is 0.237 e. The van der Waals surface area contributed by atoms with Gasteiger partial charge in [0.25, 0.3) is 0 Å². The van der Waals surface area contributed by atoms with Crippen molar-refractivity contribution in [3.8, 4) is 17.5 Å². The Hall–Kier alpha value is -3.11. The van der Waals surface area contributed by atoms with Gasteiger partial charge in [-0.2, -0.15) is 5.26 Å². The van der Waals surface area contributed by atoms with Crippen molar-refractivity contribution in [2.75, 3.05) is 5.32 Å². The van der Waals surface area contributed by atoms with Gasteiger partial charge in [0.1, 0.15) is 6.07 Å². The van der Waals surface area contributed by atoms with Crippen LogP contribution in [0.25, 0.3) is 11.4 Å². The van der Waals surface area contributed by atoms with Gasteiger partial charge in [0.2, 0.25) is 5.91 Å². The molecule has 1 N–H and O–H groups in total. The van der Waals surface area contributed by atoms with Gasteiger partial charge in [-0.3, -0.25) is 4.79 Å². The Morgan fingerprint density at radius 2 is 1.93 bits per heavy atom.